The monoisotopic (exact) mass is 280 g/mol. The van der Waals surface area contributed by atoms with Crippen LogP contribution in [0.3, 0.4) is 0 Å². The Labute approximate surface area is 117 Å². The van der Waals surface area contributed by atoms with E-state index in [1.54, 1.807) is 6.07 Å². The molecule has 2 aliphatic rings. The number of hydrogen-bond acceptors (Lipinski definition) is 4. The molecular formula is C13H17ClN4O. The number of nitrogens with zero attached hydrogens (tertiary/aromatic N) is 2. The molecule has 0 radical (unpaired) electrons. The van der Waals surface area contributed by atoms with Gasteiger partial charge in [0.25, 0.3) is 5.91 Å². The van der Waals surface area contributed by atoms with Crippen molar-refractivity contribution in [1.82, 2.24) is 15.2 Å². The Bertz CT molecular complexity index is 503. The summed E-state index contributed by atoms with van der Waals surface area (Å²) >= 11 is 5.93. The predicted octanol–water partition coefficient (Wildman–Crippen LogP) is 1.28. The van der Waals surface area contributed by atoms with Gasteiger partial charge in [-0.1, -0.05) is 11.6 Å². The van der Waals surface area contributed by atoms with E-state index in [0.717, 1.165) is 25.6 Å². The second-order valence-electron chi connectivity index (χ2n) is 5.29. The van der Waals surface area contributed by atoms with E-state index in [2.05, 4.69) is 15.2 Å². The van der Waals surface area contributed by atoms with E-state index >= 15 is 0 Å². The van der Waals surface area contributed by atoms with E-state index < -0.39 is 0 Å². The molecule has 0 aromatic carbocycles. The molecule has 3 N–H and O–H groups in total. The summed E-state index contributed by atoms with van der Waals surface area (Å²) < 4.78 is 0. The summed E-state index contributed by atoms with van der Waals surface area (Å²) in [6, 6.07) is 2.52. The first kappa shape index (κ1) is 12.7. The quantitative estimate of drug-likeness (QED) is 0.819. The van der Waals surface area contributed by atoms with Crippen molar-refractivity contribution >= 4 is 23.2 Å². The standard InChI is InChI=1S/C13H17ClN4O/c14-12-11(5-8(15)6-16-12)13(19)17-9-3-4-18(7-9)10-1-2-10/h5-6,9-10H,1-4,7,15H2,(H,17,19). The van der Waals surface area contributed by atoms with Crippen LogP contribution in [0.25, 0.3) is 0 Å². The number of nitrogens with two attached hydrogens (primary N) is 1. The molecule has 1 saturated carbocycles. The van der Waals surface area contributed by atoms with Crippen LogP contribution >= 0.6 is 11.6 Å². The molecule has 102 valence electrons. The molecule has 1 aromatic heterocycles. The van der Waals surface area contributed by atoms with E-state index in [-0.39, 0.29) is 17.1 Å². The molecule has 2 fully saturated rings. The zero-order valence-corrected chi connectivity index (χ0v) is 11.4. The molecular weight excluding hydrogens is 264 g/mol. The van der Waals surface area contributed by atoms with Gasteiger partial charge in [0.05, 0.1) is 17.4 Å². The van der Waals surface area contributed by atoms with Crippen molar-refractivity contribution < 1.29 is 4.79 Å². The van der Waals surface area contributed by atoms with Gasteiger partial charge in [0.2, 0.25) is 0 Å². The maximum Gasteiger partial charge on any atom is 0.254 e. The van der Waals surface area contributed by atoms with Crippen molar-refractivity contribution in [2.24, 2.45) is 0 Å². The van der Waals surface area contributed by atoms with Crippen LogP contribution in [0.1, 0.15) is 29.6 Å². The number of amides is 1. The minimum atomic E-state index is -0.188. The van der Waals surface area contributed by atoms with E-state index in [1.165, 1.54) is 19.0 Å². The Morgan fingerprint density at radius 3 is 3.00 bits per heavy atom. The molecule has 19 heavy (non-hydrogen) atoms. The number of anilines is 1. The fourth-order valence-corrected chi connectivity index (χ4v) is 2.75. The number of halogens is 1. The molecule has 1 atom stereocenters. The van der Waals surface area contributed by atoms with Gasteiger partial charge in [-0.3, -0.25) is 9.69 Å². The molecule has 1 saturated heterocycles. The van der Waals surface area contributed by atoms with Gasteiger partial charge in [-0.15, -0.1) is 0 Å². The summed E-state index contributed by atoms with van der Waals surface area (Å²) in [6.07, 6.45) is 5.04. The average Bonchev–Trinajstić information content (AvgIpc) is 3.13. The topological polar surface area (TPSA) is 71.2 Å². The average molecular weight is 281 g/mol. The van der Waals surface area contributed by atoms with Gasteiger partial charge >= 0.3 is 0 Å². The molecule has 0 spiro atoms. The van der Waals surface area contributed by atoms with E-state index in [1.807, 2.05) is 0 Å². The number of nitrogen functional groups attached to an aromatic ring is 1. The molecule has 6 heteroatoms. The van der Waals surface area contributed by atoms with Crippen LogP contribution in [0, 0.1) is 0 Å². The van der Waals surface area contributed by atoms with Crippen LogP contribution in [-0.2, 0) is 0 Å². The van der Waals surface area contributed by atoms with E-state index in [9.17, 15) is 4.79 Å². The zero-order chi connectivity index (χ0) is 13.4. The lowest BCUT2D eigenvalue weighted by molar-refractivity contribution is 0.0937. The molecule has 0 bridgehead atoms. The molecule has 2 heterocycles. The lowest BCUT2D eigenvalue weighted by atomic mass is 10.2. The summed E-state index contributed by atoms with van der Waals surface area (Å²) in [5.74, 6) is -0.188. The Morgan fingerprint density at radius 2 is 2.26 bits per heavy atom. The highest BCUT2D eigenvalue weighted by Crippen LogP contribution is 2.29. The van der Waals surface area contributed by atoms with Gasteiger partial charge in [0.1, 0.15) is 5.15 Å². The maximum absolute atomic E-state index is 12.2. The van der Waals surface area contributed by atoms with Gasteiger partial charge in [0.15, 0.2) is 0 Å². The summed E-state index contributed by atoms with van der Waals surface area (Å²) in [4.78, 5) is 18.5. The smallest absolute Gasteiger partial charge is 0.254 e. The van der Waals surface area contributed by atoms with Crippen LogP contribution in [0.15, 0.2) is 12.3 Å². The highest BCUT2D eigenvalue weighted by atomic mass is 35.5. The largest absolute Gasteiger partial charge is 0.397 e. The first-order valence-electron chi connectivity index (χ1n) is 6.59. The number of likely N-dealkylation sites (tertiary alicyclic amines) is 1. The van der Waals surface area contributed by atoms with Crippen LogP contribution in [-0.4, -0.2) is 41.0 Å². The number of pyridine rings is 1. The van der Waals surface area contributed by atoms with Gasteiger partial charge in [0, 0.05) is 25.2 Å². The first-order valence-corrected chi connectivity index (χ1v) is 6.97. The SMILES string of the molecule is Nc1cnc(Cl)c(C(=O)NC2CCN(C3CC3)C2)c1. The van der Waals surface area contributed by atoms with Crippen LogP contribution in [0.4, 0.5) is 5.69 Å². The first-order chi connectivity index (χ1) is 9.13. The highest BCUT2D eigenvalue weighted by molar-refractivity contribution is 6.32. The molecule has 1 aromatic rings. The van der Waals surface area contributed by atoms with Crippen LogP contribution < -0.4 is 11.1 Å². The lowest BCUT2D eigenvalue weighted by Gasteiger charge is -2.16. The molecule has 1 aliphatic carbocycles. The third-order valence-electron chi connectivity index (χ3n) is 3.72. The van der Waals surface area contributed by atoms with Crippen molar-refractivity contribution in [2.45, 2.75) is 31.3 Å². The Kier molecular flexibility index (Phi) is 3.33. The Morgan fingerprint density at radius 1 is 1.47 bits per heavy atom. The van der Waals surface area contributed by atoms with E-state index in [4.69, 9.17) is 17.3 Å². The van der Waals surface area contributed by atoms with Crippen LogP contribution in [0.2, 0.25) is 5.15 Å². The fourth-order valence-electron chi connectivity index (χ4n) is 2.56. The second kappa shape index (κ2) is 4.98. The maximum atomic E-state index is 12.2. The zero-order valence-electron chi connectivity index (χ0n) is 10.6. The minimum absolute atomic E-state index is 0.188. The number of hydrogen-bond donors (Lipinski definition) is 2. The van der Waals surface area contributed by atoms with Crippen molar-refractivity contribution in [3.05, 3.63) is 23.0 Å². The summed E-state index contributed by atoms with van der Waals surface area (Å²) in [7, 11) is 0. The Balaban J connectivity index is 1.63. The molecule has 1 aliphatic heterocycles. The second-order valence-corrected chi connectivity index (χ2v) is 5.65. The summed E-state index contributed by atoms with van der Waals surface area (Å²) in [5.41, 5.74) is 6.43. The minimum Gasteiger partial charge on any atom is -0.397 e. The van der Waals surface area contributed by atoms with Gasteiger partial charge < -0.3 is 11.1 Å². The summed E-state index contributed by atoms with van der Waals surface area (Å²) in [6.45, 7) is 2.00. The summed E-state index contributed by atoms with van der Waals surface area (Å²) in [5, 5.41) is 3.21. The molecule has 1 unspecified atom stereocenters. The van der Waals surface area contributed by atoms with Gasteiger partial charge in [-0.05, 0) is 25.3 Å². The Hall–Kier alpha value is -1.33. The third-order valence-corrected chi connectivity index (χ3v) is 4.02. The number of carbonyl (C=O) groups excluding carboxylic acids is 1. The van der Waals surface area contributed by atoms with Crippen molar-refractivity contribution in [2.75, 3.05) is 18.8 Å². The van der Waals surface area contributed by atoms with Crippen molar-refractivity contribution in [1.29, 1.82) is 0 Å². The fraction of sp³-hybridized carbons (Fsp3) is 0.538. The number of rotatable bonds is 3. The van der Waals surface area contributed by atoms with Crippen molar-refractivity contribution in [3.63, 3.8) is 0 Å². The molecule has 5 nitrogen and oxygen atoms in total. The lowest BCUT2D eigenvalue weighted by Crippen LogP contribution is -2.37. The normalized spacial score (nSPS) is 23.5. The molecule has 1 amide bonds. The van der Waals surface area contributed by atoms with E-state index in [0.29, 0.717) is 11.3 Å². The predicted molar refractivity (Wildman–Crippen MR) is 74.1 cm³/mol. The third kappa shape index (κ3) is 2.82. The van der Waals surface area contributed by atoms with Gasteiger partial charge in [-0.2, -0.15) is 0 Å². The van der Waals surface area contributed by atoms with Crippen molar-refractivity contribution in [3.8, 4) is 0 Å². The number of aromatic nitrogens is 1. The van der Waals surface area contributed by atoms with Crippen LogP contribution in [0.5, 0.6) is 0 Å². The van der Waals surface area contributed by atoms with Gasteiger partial charge in [-0.25, -0.2) is 4.98 Å². The number of carbonyl (C=O) groups is 1. The molecule has 3 rings (SSSR count). The highest BCUT2D eigenvalue weighted by Gasteiger charge is 2.34. The number of nitrogens with one attached hydrogen (secondary N) is 1.